The summed E-state index contributed by atoms with van der Waals surface area (Å²) in [5.74, 6) is -1.21. The maximum absolute atomic E-state index is 13.6. The molecule has 34 heavy (non-hydrogen) atoms. The van der Waals surface area contributed by atoms with Crippen LogP contribution in [0.15, 0.2) is 95.9 Å². The largest absolute Gasteiger partial charge is 0.507 e. The number of rotatable bonds is 4. The van der Waals surface area contributed by atoms with Gasteiger partial charge in [0.25, 0.3) is 11.8 Å². The Labute approximate surface area is 205 Å². The topological polar surface area (TPSA) is 73.7 Å². The van der Waals surface area contributed by atoms with Crippen molar-refractivity contribution in [3.8, 4) is 17.0 Å². The van der Waals surface area contributed by atoms with Crippen LogP contribution in [0.1, 0.15) is 5.56 Å². The van der Waals surface area contributed by atoms with Crippen molar-refractivity contribution in [3.63, 3.8) is 0 Å². The van der Waals surface area contributed by atoms with E-state index in [0.29, 0.717) is 22.1 Å². The number of hydrogen-bond acceptors (Lipinski definition) is 6. The van der Waals surface area contributed by atoms with Crippen molar-refractivity contribution in [2.45, 2.75) is 0 Å². The van der Waals surface area contributed by atoms with Gasteiger partial charge in [-0.1, -0.05) is 66.7 Å². The zero-order chi connectivity index (χ0) is 23.7. The van der Waals surface area contributed by atoms with Crippen LogP contribution in [0.25, 0.3) is 17.3 Å². The number of thiocarbonyl (C=S) groups is 1. The van der Waals surface area contributed by atoms with Gasteiger partial charge in [0.1, 0.15) is 11.3 Å². The highest BCUT2D eigenvalue weighted by Gasteiger charge is 2.42. The van der Waals surface area contributed by atoms with Gasteiger partial charge < -0.3 is 5.11 Å². The van der Waals surface area contributed by atoms with Crippen LogP contribution in [0.4, 0.5) is 10.8 Å². The van der Waals surface area contributed by atoms with Crippen molar-refractivity contribution >= 4 is 57.4 Å². The predicted molar refractivity (Wildman–Crippen MR) is 138 cm³/mol. The quantitative estimate of drug-likeness (QED) is 0.243. The van der Waals surface area contributed by atoms with Crippen molar-refractivity contribution in [1.82, 2.24) is 4.98 Å². The monoisotopic (exact) mass is 483 g/mol. The minimum Gasteiger partial charge on any atom is -0.507 e. The number of thiazole rings is 1. The molecule has 0 aliphatic carbocycles. The number of aromatic hydroxyl groups is 1. The fourth-order valence-electron chi connectivity index (χ4n) is 3.58. The zero-order valence-electron chi connectivity index (χ0n) is 17.7. The third-order valence-corrected chi connectivity index (χ3v) is 6.44. The van der Waals surface area contributed by atoms with E-state index in [2.05, 4.69) is 4.98 Å². The average Bonchev–Trinajstić information content (AvgIpc) is 3.34. The number of carbonyl (C=O) groups excluding carboxylic acids is 2. The molecule has 1 aliphatic rings. The molecule has 1 aromatic heterocycles. The minimum atomic E-state index is -0.598. The summed E-state index contributed by atoms with van der Waals surface area (Å²) in [4.78, 5) is 34.3. The fourth-order valence-corrected chi connectivity index (χ4v) is 4.82. The average molecular weight is 484 g/mol. The number of anilines is 2. The Bertz CT molecular complexity index is 1430. The van der Waals surface area contributed by atoms with Crippen LogP contribution in [0.2, 0.25) is 0 Å². The Morgan fingerprint density at radius 3 is 2.15 bits per heavy atom. The first-order valence-electron chi connectivity index (χ1n) is 10.3. The van der Waals surface area contributed by atoms with Crippen LogP contribution in [-0.2, 0) is 9.59 Å². The van der Waals surface area contributed by atoms with E-state index >= 15 is 0 Å². The Hall–Kier alpha value is -4.14. The molecule has 3 aromatic carbocycles. The van der Waals surface area contributed by atoms with E-state index in [4.69, 9.17) is 12.2 Å². The lowest BCUT2D eigenvalue weighted by atomic mass is 10.1. The summed E-state index contributed by atoms with van der Waals surface area (Å²) in [7, 11) is 0. The Morgan fingerprint density at radius 2 is 1.44 bits per heavy atom. The molecule has 0 saturated carbocycles. The van der Waals surface area contributed by atoms with Crippen molar-refractivity contribution in [3.05, 3.63) is 101 Å². The molecule has 1 aliphatic heterocycles. The summed E-state index contributed by atoms with van der Waals surface area (Å²) in [6.45, 7) is 0. The van der Waals surface area contributed by atoms with Crippen molar-refractivity contribution in [2.75, 3.05) is 9.80 Å². The standard InChI is InChI=1S/C26H17N3O3S2/c30-22-14-8-7-11-18(22)15-20-23(31)28(19-12-5-2-6-13-19)26(33)29(24(20)32)25-27-21(16-34-25)17-9-3-1-4-10-17/h1-16,30H/b20-15+. The smallest absolute Gasteiger partial charge is 0.272 e. The summed E-state index contributed by atoms with van der Waals surface area (Å²) in [5.41, 5.74) is 2.35. The second-order valence-corrected chi connectivity index (χ2v) is 8.60. The number of benzene rings is 3. The third kappa shape index (κ3) is 3.89. The lowest BCUT2D eigenvalue weighted by Crippen LogP contribution is -2.56. The molecule has 1 fully saturated rings. The molecule has 4 aromatic rings. The van der Waals surface area contributed by atoms with Crippen LogP contribution in [0.3, 0.4) is 0 Å². The molecule has 2 amide bonds. The molecule has 2 heterocycles. The second kappa shape index (κ2) is 9.01. The predicted octanol–water partition coefficient (Wildman–Crippen LogP) is 5.26. The minimum absolute atomic E-state index is 0.0181. The van der Waals surface area contributed by atoms with Crippen LogP contribution in [0, 0.1) is 0 Å². The normalized spacial score (nSPS) is 15.3. The number of phenolic OH excluding ortho intramolecular Hbond substituents is 1. The van der Waals surface area contributed by atoms with E-state index in [1.165, 1.54) is 33.3 Å². The summed E-state index contributed by atoms with van der Waals surface area (Å²) in [6.07, 6.45) is 1.39. The molecule has 0 bridgehead atoms. The van der Waals surface area contributed by atoms with E-state index in [-0.39, 0.29) is 16.4 Å². The van der Waals surface area contributed by atoms with E-state index in [1.807, 2.05) is 41.8 Å². The Balaban J connectivity index is 1.63. The van der Waals surface area contributed by atoms with Gasteiger partial charge in [-0.05, 0) is 36.5 Å². The van der Waals surface area contributed by atoms with Gasteiger partial charge in [0.15, 0.2) is 10.2 Å². The number of phenols is 1. The molecule has 5 rings (SSSR count). The lowest BCUT2D eigenvalue weighted by Gasteiger charge is -2.35. The second-order valence-electron chi connectivity index (χ2n) is 7.40. The van der Waals surface area contributed by atoms with Gasteiger partial charge in [0, 0.05) is 16.5 Å². The molecule has 0 spiro atoms. The summed E-state index contributed by atoms with van der Waals surface area (Å²) in [6, 6.07) is 25.0. The summed E-state index contributed by atoms with van der Waals surface area (Å²) < 4.78 is 0. The van der Waals surface area contributed by atoms with Crippen molar-refractivity contribution in [2.24, 2.45) is 0 Å². The molecule has 1 N–H and O–H groups in total. The molecule has 8 heteroatoms. The van der Waals surface area contributed by atoms with Crippen LogP contribution in [-0.4, -0.2) is 27.0 Å². The number of carbonyl (C=O) groups is 2. The highest BCUT2D eigenvalue weighted by atomic mass is 32.1. The Kier molecular flexibility index (Phi) is 5.75. The van der Waals surface area contributed by atoms with Gasteiger partial charge in [-0.15, -0.1) is 11.3 Å². The highest BCUT2D eigenvalue weighted by molar-refractivity contribution is 7.81. The number of nitrogens with zero attached hydrogens (tertiary/aromatic N) is 3. The first-order valence-corrected chi connectivity index (χ1v) is 11.6. The van der Waals surface area contributed by atoms with Gasteiger partial charge in [-0.3, -0.25) is 14.5 Å². The maximum atomic E-state index is 13.6. The highest BCUT2D eigenvalue weighted by Crippen LogP contribution is 2.34. The van der Waals surface area contributed by atoms with Crippen LogP contribution >= 0.6 is 23.6 Å². The van der Waals surface area contributed by atoms with Gasteiger partial charge in [-0.2, -0.15) is 0 Å². The molecular formula is C26H17N3O3S2. The summed E-state index contributed by atoms with van der Waals surface area (Å²) >= 11 is 6.90. The fraction of sp³-hybridized carbons (Fsp3) is 0. The molecular weight excluding hydrogens is 466 g/mol. The lowest BCUT2D eigenvalue weighted by molar-refractivity contribution is -0.120. The van der Waals surface area contributed by atoms with E-state index < -0.39 is 11.8 Å². The number of para-hydroxylation sites is 2. The number of aromatic nitrogens is 1. The molecule has 0 radical (unpaired) electrons. The van der Waals surface area contributed by atoms with Gasteiger partial charge in [0.2, 0.25) is 0 Å². The summed E-state index contributed by atoms with van der Waals surface area (Å²) in [5, 5.41) is 12.4. The molecule has 6 nitrogen and oxygen atoms in total. The number of amides is 2. The molecule has 1 saturated heterocycles. The maximum Gasteiger partial charge on any atom is 0.272 e. The zero-order valence-corrected chi connectivity index (χ0v) is 19.3. The van der Waals surface area contributed by atoms with E-state index in [1.54, 1.807) is 42.5 Å². The van der Waals surface area contributed by atoms with Crippen molar-refractivity contribution in [1.29, 1.82) is 0 Å². The first-order chi connectivity index (χ1) is 16.5. The van der Waals surface area contributed by atoms with Crippen LogP contribution < -0.4 is 9.80 Å². The molecule has 166 valence electrons. The van der Waals surface area contributed by atoms with E-state index in [9.17, 15) is 14.7 Å². The number of hydrogen-bond donors (Lipinski definition) is 1. The third-order valence-electron chi connectivity index (χ3n) is 5.25. The first kappa shape index (κ1) is 21.7. The van der Waals surface area contributed by atoms with Gasteiger partial charge in [0.05, 0.1) is 11.4 Å². The SMILES string of the molecule is O=C1/C(=C\c2ccccc2O)C(=O)N(c2nc(-c3ccccc3)cs2)C(=S)N1c1ccccc1. The Morgan fingerprint density at radius 1 is 0.824 bits per heavy atom. The van der Waals surface area contributed by atoms with E-state index in [0.717, 1.165) is 5.56 Å². The van der Waals surface area contributed by atoms with Crippen molar-refractivity contribution < 1.29 is 14.7 Å². The van der Waals surface area contributed by atoms with Gasteiger partial charge >= 0.3 is 0 Å². The molecule has 0 unspecified atom stereocenters. The van der Waals surface area contributed by atoms with Gasteiger partial charge in [-0.25, -0.2) is 9.88 Å². The van der Waals surface area contributed by atoms with Crippen LogP contribution in [0.5, 0.6) is 5.75 Å². The molecule has 0 atom stereocenters.